The van der Waals surface area contributed by atoms with Gasteiger partial charge in [-0.2, -0.15) is 0 Å². The number of sulfonamides is 1. The maximum absolute atomic E-state index is 13.5. The Morgan fingerprint density at radius 2 is 1.68 bits per heavy atom. The number of carbonyl (C=O) groups is 2. The molecule has 0 aromatic heterocycles. The number of anilines is 1. The fourth-order valence-corrected chi connectivity index (χ4v) is 4.77. The van der Waals surface area contributed by atoms with Crippen molar-refractivity contribution in [2.24, 2.45) is 0 Å². The normalized spacial score (nSPS) is 12.2. The van der Waals surface area contributed by atoms with E-state index in [1.54, 1.807) is 31.2 Å². The zero-order valence-corrected chi connectivity index (χ0v) is 22.3. The molecule has 0 aliphatic carbocycles. The van der Waals surface area contributed by atoms with E-state index in [4.69, 9.17) is 34.8 Å². The molecule has 7 nitrogen and oxygen atoms in total. The van der Waals surface area contributed by atoms with Gasteiger partial charge in [-0.05, 0) is 43.2 Å². The Labute approximate surface area is 216 Å². The minimum atomic E-state index is -3.88. The Bertz CT molecular complexity index is 1110. The average Bonchev–Trinajstić information content (AvgIpc) is 2.74. The van der Waals surface area contributed by atoms with Crippen molar-refractivity contribution in [2.45, 2.75) is 39.3 Å². The number of rotatable bonds is 11. The lowest BCUT2D eigenvalue weighted by Crippen LogP contribution is -2.51. The molecule has 2 aromatic carbocycles. The lowest BCUT2D eigenvalue weighted by Gasteiger charge is -2.31. The van der Waals surface area contributed by atoms with Gasteiger partial charge in [0, 0.05) is 28.2 Å². The lowest BCUT2D eigenvalue weighted by atomic mass is 10.1. The van der Waals surface area contributed by atoms with E-state index in [0.717, 1.165) is 23.4 Å². The molecule has 0 fully saturated rings. The molecule has 0 bridgehead atoms. The summed E-state index contributed by atoms with van der Waals surface area (Å²) in [4.78, 5) is 27.6. The first-order chi connectivity index (χ1) is 15.9. The van der Waals surface area contributed by atoms with Gasteiger partial charge in [0.25, 0.3) is 0 Å². The number of nitrogens with one attached hydrogen (secondary N) is 1. The van der Waals surface area contributed by atoms with E-state index < -0.39 is 28.5 Å². The van der Waals surface area contributed by atoms with E-state index in [0.29, 0.717) is 17.1 Å². The smallest absolute Gasteiger partial charge is 0.244 e. The fraction of sp³-hybridized carbons (Fsp3) is 0.391. The molecule has 0 aliphatic heterocycles. The summed E-state index contributed by atoms with van der Waals surface area (Å²) in [6.07, 6.45) is 2.69. The number of benzene rings is 2. The van der Waals surface area contributed by atoms with Gasteiger partial charge in [-0.25, -0.2) is 8.42 Å². The molecule has 1 atom stereocenters. The van der Waals surface area contributed by atoms with Crippen molar-refractivity contribution in [1.29, 1.82) is 0 Å². The molecule has 11 heteroatoms. The Morgan fingerprint density at radius 3 is 2.24 bits per heavy atom. The number of carbonyl (C=O) groups excluding carboxylic acids is 2. The van der Waals surface area contributed by atoms with Gasteiger partial charge in [0.05, 0.1) is 11.9 Å². The molecule has 0 saturated heterocycles. The first kappa shape index (κ1) is 28.2. The summed E-state index contributed by atoms with van der Waals surface area (Å²) in [5.41, 5.74) is 0.772. The summed E-state index contributed by atoms with van der Waals surface area (Å²) in [7, 11) is -3.88. The highest BCUT2D eigenvalue weighted by molar-refractivity contribution is 7.92. The largest absolute Gasteiger partial charge is 0.354 e. The Balaban J connectivity index is 2.39. The van der Waals surface area contributed by atoms with Crippen molar-refractivity contribution in [3.63, 3.8) is 0 Å². The van der Waals surface area contributed by atoms with E-state index in [9.17, 15) is 18.0 Å². The second-order valence-corrected chi connectivity index (χ2v) is 11.0. The summed E-state index contributed by atoms with van der Waals surface area (Å²) in [5, 5.41) is 3.69. The predicted molar refractivity (Wildman–Crippen MR) is 138 cm³/mol. The fourth-order valence-electron chi connectivity index (χ4n) is 3.23. The van der Waals surface area contributed by atoms with E-state index in [1.807, 2.05) is 6.92 Å². The van der Waals surface area contributed by atoms with E-state index >= 15 is 0 Å². The number of unbranched alkanes of at least 4 members (excludes halogenated alkanes) is 1. The first-order valence-corrected chi connectivity index (χ1v) is 13.7. The lowest BCUT2D eigenvalue weighted by molar-refractivity contribution is -0.139. The zero-order valence-electron chi connectivity index (χ0n) is 19.2. The van der Waals surface area contributed by atoms with Gasteiger partial charge < -0.3 is 10.2 Å². The Hall–Kier alpha value is -2.00. The van der Waals surface area contributed by atoms with Crippen molar-refractivity contribution in [3.8, 4) is 0 Å². The first-order valence-electron chi connectivity index (χ1n) is 10.7. The third-order valence-corrected chi connectivity index (χ3v) is 7.06. The van der Waals surface area contributed by atoms with Gasteiger partial charge in [0.1, 0.15) is 12.6 Å². The van der Waals surface area contributed by atoms with Gasteiger partial charge in [-0.1, -0.05) is 66.3 Å². The second kappa shape index (κ2) is 12.6. The minimum absolute atomic E-state index is 0.0226. The molecule has 2 aromatic rings. The standard InChI is InChI=1S/C23H28Cl3N3O4S/c1-4-5-10-27-23(31)16(2)28(14-17-8-6-7-9-21(17)26)22(30)15-29(34(3,32)33)20-12-18(24)11-19(25)13-20/h6-9,11-13,16H,4-5,10,14-15H2,1-3H3,(H,27,31)/t16-/m0/s1. The van der Waals surface area contributed by atoms with Crippen LogP contribution in [0.3, 0.4) is 0 Å². The molecule has 0 saturated carbocycles. The van der Waals surface area contributed by atoms with Crippen LogP contribution in [-0.4, -0.2) is 50.5 Å². The van der Waals surface area contributed by atoms with Crippen LogP contribution in [0.15, 0.2) is 42.5 Å². The summed E-state index contributed by atoms with van der Waals surface area (Å²) >= 11 is 18.4. The molecule has 0 aliphatic rings. The number of amides is 2. The summed E-state index contributed by atoms with van der Waals surface area (Å²) in [6, 6.07) is 10.4. The van der Waals surface area contributed by atoms with Crippen LogP contribution in [0.4, 0.5) is 5.69 Å². The van der Waals surface area contributed by atoms with Crippen molar-refractivity contribution >= 4 is 62.3 Å². The Kier molecular flexibility index (Phi) is 10.5. The minimum Gasteiger partial charge on any atom is -0.354 e. The third-order valence-electron chi connectivity index (χ3n) is 5.11. The molecule has 0 heterocycles. The highest BCUT2D eigenvalue weighted by atomic mass is 35.5. The molecule has 0 radical (unpaired) electrons. The van der Waals surface area contributed by atoms with E-state index in [1.165, 1.54) is 23.1 Å². The molecule has 1 N–H and O–H groups in total. The number of hydrogen-bond donors (Lipinski definition) is 1. The molecule has 2 amide bonds. The van der Waals surface area contributed by atoms with Gasteiger partial charge >= 0.3 is 0 Å². The predicted octanol–water partition coefficient (Wildman–Crippen LogP) is 4.75. The van der Waals surface area contributed by atoms with Gasteiger partial charge in [0.2, 0.25) is 21.8 Å². The second-order valence-electron chi connectivity index (χ2n) is 7.83. The molecule has 2 rings (SSSR count). The Morgan fingerprint density at radius 1 is 1.06 bits per heavy atom. The van der Waals surface area contributed by atoms with Crippen molar-refractivity contribution in [2.75, 3.05) is 23.7 Å². The van der Waals surface area contributed by atoms with Crippen LogP contribution in [0.25, 0.3) is 0 Å². The summed E-state index contributed by atoms with van der Waals surface area (Å²) < 4.78 is 26.1. The maximum Gasteiger partial charge on any atom is 0.244 e. The highest BCUT2D eigenvalue weighted by Gasteiger charge is 2.30. The number of halogens is 3. The van der Waals surface area contributed by atoms with Crippen LogP contribution < -0.4 is 9.62 Å². The van der Waals surface area contributed by atoms with Gasteiger partial charge in [0.15, 0.2) is 0 Å². The topological polar surface area (TPSA) is 86.8 Å². The van der Waals surface area contributed by atoms with Crippen molar-refractivity contribution in [3.05, 3.63) is 63.1 Å². The summed E-state index contributed by atoms with van der Waals surface area (Å²) in [6.45, 7) is 3.55. The molecule has 0 spiro atoms. The summed E-state index contributed by atoms with van der Waals surface area (Å²) in [5.74, 6) is -0.926. The quantitative estimate of drug-likeness (QED) is 0.411. The monoisotopic (exact) mass is 547 g/mol. The average molecular weight is 549 g/mol. The van der Waals surface area contributed by atoms with Crippen LogP contribution >= 0.6 is 34.8 Å². The molecular formula is C23H28Cl3N3O4S. The molecule has 186 valence electrons. The van der Waals surface area contributed by atoms with Gasteiger partial charge in [-0.15, -0.1) is 0 Å². The SMILES string of the molecule is CCCCNC(=O)[C@H](C)N(Cc1ccccc1Cl)C(=O)CN(c1cc(Cl)cc(Cl)c1)S(C)(=O)=O. The van der Waals surface area contributed by atoms with E-state index in [2.05, 4.69) is 5.32 Å². The highest BCUT2D eigenvalue weighted by Crippen LogP contribution is 2.27. The third kappa shape index (κ3) is 8.05. The van der Waals surface area contributed by atoms with E-state index in [-0.39, 0.29) is 28.2 Å². The number of nitrogens with zero attached hydrogens (tertiary/aromatic N) is 2. The van der Waals surface area contributed by atoms with Crippen molar-refractivity contribution < 1.29 is 18.0 Å². The van der Waals surface area contributed by atoms with Crippen LogP contribution in [0.1, 0.15) is 32.3 Å². The van der Waals surface area contributed by atoms with Gasteiger partial charge in [-0.3, -0.25) is 13.9 Å². The maximum atomic E-state index is 13.5. The molecule has 34 heavy (non-hydrogen) atoms. The number of hydrogen-bond acceptors (Lipinski definition) is 4. The van der Waals surface area contributed by atoms with Crippen LogP contribution in [0.5, 0.6) is 0 Å². The van der Waals surface area contributed by atoms with Crippen LogP contribution in [-0.2, 0) is 26.2 Å². The molecular weight excluding hydrogens is 521 g/mol. The van der Waals surface area contributed by atoms with Crippen molar-refractivity contribution in [1.82, 2.24) is 10.2 Å². The molecule has 0 unspecified atom stereocenters. The van der Waals surface area contributed by atoms with Crippen LogP contribution in [0.2, 0.25) is 15.1 Å². The zero-order chi connectivity index (χ0) is 25.5. The van der Waals surface area contributed by atoms with Crippen LogP contribution in [0, 0.1) is 0 Å².